The van der Waals surface area contributed by atoms with Crippen LogP contribution in [0.4, 0.5) is 0 Å². The largest absolute Gasteiger partial charge is 0.385 e. The molecule has 1 aromatic carbocycles. The Balaban J connectivity index is 1.44. The molecule has 2 saturated heterocycles. The minimum atomic E-state index is -0.171. The van der Waals surface area contributed by atoms with Crippen LogP contribution in [0.2, 0.25) is 5.02 Å². The quantitative estimate of drug-likeness (QED) is 0.589. The molecule has 0 radical (unpaired) electrons. The van der Waals surface area contributed by atoms with Crippen LogP contribution < -0.4 is 5.32 Å². The predicted molar refractivity (Wildman–Crippen MR) is 123 cm³/mol. The van der Waals surface area contributed by atoms with Gasteiger partial charge in [0.15, 0.2) is 0 Å². The summed E-state index contributed by atoms with van der Waals surface area (Å²) in [5.74, 6) is -0.108. The molecular formula is C23H33ClN4O4. The maximum atomic E-state index is 13.1. The minimum absolute atomic E-state index is 0.00418. The number of likely N-dealkylation sites (tertiary alicyclic amines) is 1. The lowest BCUT2D eigenvalue weighted by Gasteiger charge is -2.38. The van der Waals surface area contributed by atoms with Gasteiger partial charge in [0.05, 0.1) is 12.5 Å². The molecule has 2 heterocycles. The third kappa shape index (κ3) is 6.92. The van der Waals surface area contributed by atoms with Crippen LogP contribution in [-0.4, -0.2) is 98.5 Å². The molecule has 32 heavy (non-hydrogen) atoms. The number of carbonyl (C=O) groups is 3. The highest BCUT2D eigenvalue weighted by Crippen LogP contribution is 2.22. The number of methoxy groups -OCH3 is 1. The Morgan fingerprint density at radius 3 is 2.47 bits per heavy atom. The highest BCUT2D eigenvalue weighted by molar-refractivity contribution is 6.30. The zero-order valence-electron chi connectivity index (χ0n) is 18.7. The molecule has 2 fully saturated rings. The Labute approximate surface area is 194 Å². The number of piperidine rings is 1. The van der Waals surface area contributed by atoms with E-state index in [1.807, 2.05) is 4.90 Å². The molecule has 176 valence electrons. The first-order chi connectivity index (χ1) is 15.5. The van der Waals surface area contributed by atoms with Crippen LogP contribution in [0, 0.1) is 5.92 Å². The van der Waals surface area contributed by atoms with Crippen molar-refractivity contribution < 1.29 is 19.1 Å². The van der Waals surface area contributed by atoms with Crippen molar-refractivity contribution in [2.75, 3.05) is 66.1 Å². The third-order valence-electron chi connectivity index (χ3n) is 6.05. The molecule has 1 N–H and O–H groups in total. The summed E-state index contributed by atoms with van der Waals surface area (Å²) in [5.41, 5.74) is 0.594. The van der Waals surface area contributed by atoms with E-state index in [9.17, 15) is 14.4 Å². The van der Waals surface area contributed by atoms with Gasteiger partial charge in [-0.05, 0) is 43.5 Å². The summed E-state index contributed by atoms with van der Waals surface area (Å²) >= 11 is 5.92. The zero-order valence-corrected chi connectivity index (χ0v) is 19.5. The second-order valence-electron chi connectivity index (χ2n) is 8.39. The van der Waals surface area contributed by atoms with Crippen LogP contribution in [0.25, 0.3) is 0 Å². The fourth-order valence-corrected chi connectivity index (χ4v) is 4.35. The summed E-state index contributed by atoms with van der Waals surface area (Å²) in [7, 11) is 1.64. The van der Waals surface area contributed by atoms with Gasteiger partial charge in [0, 0.05) is 70.1 Å². The van der Waals surface area contributed by atoms with Crippen LogP contribution >= 0.6 is 11.6 Å². The van der Waals surface area contributed by atoms with Gasteiger partial charge in [-0.25, -0.2) is 0 Å². The van der Waals surface area contributed by atoms with Gasteiger partial charge in [0.1, 0.15) is 0 Å². The van der Waals surface area contributed by atoms with Gasteiger partial charge >= 0.3 is 0 Å². The van der Waals surface area contributed by atoms with Gasteiger partial charge < -0.3 is 19.9 Å². The predicted octanol–water partition coefficient (Wildman–Crippen LogP) is 1.49. The van der Waals surface area contributed by atoms with Gasteiger partial charge in [-0.2, -0.15) is 0 Å². The van der Waals surface area contributed by atoms with Crippen LogP contribution in [0.15, 0.2) is 24.3 Å². The van der Waals surface area contributed by atoms with Crippen molar-refractivity contribution >= 4 is 29.3 Å². The summed E-state index contributed by atoms with van der Waals surface area (Å²) in [6, 6.07) is 6.87. The highest BCUT2D eigenvalue weighted by atomic mass is 35.5. The van der Waals surface area contributed by atoms with Crippen molar-refractivity contribution in [2.45, 2.75) is 19.3 Å². The van der Waals surface area contributed by atoms with Gasteiger partial charge in [-0.3, -0.25) is 19.3 Å². The van der Waals surface area contributed by atoms with Crippen LogP contribution in [0.3, 0.4) is 0 Å². The lowest BCUT2D eigenvalue weighted by molar-refractivity contribution is -0.138. The molecule has 0 aromatic heterocycles. The molecule has 3 amide bonds. The monoisotopic (exact) mass is 464 g/mol. The van der Waals surface area contributed by atoms with Gasteiger partial charge in [-0.1, -0.05) is 11.6 Å². The summed E-state index contributed by atoms with van der Waals surface area (Å²) in [6.45, 7) is 5.28. The summed E-state index contributed by atoms with van der Waals surface area (Å²) in [4.78, 5) is 43.7. The molecule has 0 spiro atoms. The fraction of sp³-hybridized carbons (Fsp3) is 0.609. The maximum Gasteiger partial charge on any atom is 0.253 e. The second kappa shape index (κ2) is 12.2. The number of ether oxygens (including phenoxy) is 1. The Hall–Kier alpha value is -2.16. The third-order valence-corrected chi connectivity index (χ3v) is 6.30. The first-order valence-corrected chi connectivity index (χ1v) is 11.7. The smallest absolute Gasteiger partial charge is 0.253 e. The number of hydrogen-bond acceptors (Lipinski definition) is 5. The molecule has 2 aliphatic rings. The van der Waals surface area contributed by atoms with Gasteiger partial charge in [0.25, 0.3) is 5.91 Å². The van der Waals surface area contributed by atoms with Crippen LogP contribution in [-0.2, 0) is 14.3 Å². The molecule has 0 saturated carbocycles. The molecule has 0 bridgehead atoms. The average molecular weight is 465 g/mol. The van der Waals surface area contributed by atoms with E-state index in [1.54, 1.807) is 36.3 Å². The van der Waals surface area contributed by atoms with E-state index in [0.29, 0.717) is 69.6 Å². The number of halogens is 1. The fourth-order valence-electron chi connectivity index (χ4n) is 4.23. The molecule has 8 nitrogen and oxygen atoms in total. The molecular weight excluding hydrogens is 432 g/mol. The highest BCUT2D eigenvalue weighted by Gasteiger charge is 2.33. The molecule has 1 unspecified atom stereocenters. The summed E-state index contributed by atoms with van der Waals surface area (Å²) < 4.78 is 4.98. The average Bonchev–Trinajstić information content (AvgIpc) is 2.82. The van der Waals surface area contributed by atoms with Crippen molar-refractivity contribution in [3.05, 3.63) is 34.9 Å². The van der Waals surface area contributed by atoms with E-state index in [-0.39, 0.29) is 23.6 Å². The first kappa shape index (κ1) is 24.5. The lowest BCUT2D eigenvalue weighted by Crippen LogP contribution is -2.54. The summed E-state index contributed by atoms with van der Waals surface area (Å²) in [5, 5.41) is 3.49. The number of benzene rings is 1. The van der Waals surface area contributed by atoms with Gasteiger partial charge in [0.2, 0.25) is 11.8 Å². The lowest BCUT2D eigenvalue weighted by atomic mass is 9.95. The topological polar surface area (TPSA) is 82.2 Å². The van der Waals surface area contributed by atoms with E-state index in [0.717, 1.165) is 19.3 Å². The number of nitrogens with one attached hydrogen (secondary N) is 1. The zero-order chi connectivity index (χ0) is 22.9. The Morgan fingerprint density at radius 2 is 1.78 bits per heavy atom. The van der Waals surface area contributed by atoms with E-state index >= 15 is 0 Å². The number of piperazine rings is 1. The molecule has 2 aliphatic heterocycles. The number of carbonyl (C=O) groups excluding carboxylic acids is 3. The van der Waals surface area contributed by atoms with Crippen molar-refractivity contribution in [1.29, 1.82) is 0 Å². The molecule has 1 atom stereocenters. The second-order valence-corrected chi connectivity index (χ2v) is 8.83. The van der Waals surface area contributed by atoms with Crippen LogP contribution in [0.5, 0.6) is 0 Å². The van der Waals surface area contributed by atoms with E-state index in [4.69, 9.17) is 16.3 Å². The number of rotatable bonds is 8. The Morgan fingerprint density at radius 1 is 1.06 bits per heavy atom. The van der Waals surface area contributed by atoms with Crippen molar-refractivity contribution in [1.82, 2.24) is 20.0 Å². The maximum absolute atomic E-state index is 13.1. The number of amides is 3. The van der Waals surface area contributed by atoms with E-state index < -0.39 is 0 Å². The molecule has 1 aromatic rings. The SMILES string of the molecule is COCCCNC(=O)CN1CCN(C(=O)C2CCCN(C(=O)c3ccc(Cl)cc3)C2)CC1. The molecule has 3 rings (SSSR count). The Kier molecular flexibility index (Phi) is 9.32. The van der Waals surface area contributed by atoms with Gasteiger partial charge in [-0.15, -0.1) is 0 Å². The molecule has 9 heteroatoms. The summed E-state index contributed by atoms with van der Waals surface area (Å²) in [6.07, 6.45) is 2.41. The Bertz CT molecular complexity index is 781. The van der Waals surface area contributed by atoms with Crippen molar-refractivity contribution in [3.8, 4) is 0 Å². The van der Waals surface area contributed by atoms with Crippen LogP contribution in [0.1, 0.15) is 29.6 Å². The number of hydrogen-bond donors (Lipinski definition) is 1. The normalized spacial score (nSPS) is 19.6. The van der Waals surface area contributed by atoms with Crippen molar-refractivity contribution in [2.24, 2.45) is 5.92 Å². The first-order valence-electron chi connectivity index (χ1n) is 11.3. The molecule has 0 aliphatic carbocycles. The van der Waals surface area contributed by atoms with E-state index in [1.165, 1.54) is 0 Å². The standard InChI is InChI=1S/C23H33ClN4O4/c1-32-15-3-9-25-21(29)17-26-11-13-27(14-12-26)23(31)19-4-2-10-28(16-19)22(30)18-5-7-20(24)8-6-18/h5-8,19H,2-4,9-17H2,1H3,(H,25,29). The minimum Gasteiger partial charge on any atom is -0.385 e. The van der Waals surface area contributed by atoms with E-state index in [2.05, 4.69) is 10.2 Å². The van der Waals surface area contributed by atoms with Crippen molar-refractivity contribution in [3.63, 3.8) is 0 Å². The number of nitrogens with zero attached hydrogens (tertiary/aromatic N) is 3.